The van der Waals surface area contributed by atoms with Crippen molar-refractivity contribution < 1.29 is 14.3 Å². The third kappa shape index (κ3) is 5.46. The van der Waals surface area contributed by atoms with Gasteiger partial charge in [-0.25, -0.2) is 10.2 Å². The Bertz CT molecular complexity index is 581. The number of hydrogen-bond donors (Lipinski definition) is 6. The molecular formula is C11H15N7O3. The number of para-hydroxylation sites is 1. The summed E-state index contributed by atoms with van der Waals surface area (Å²) in [7, 11) is 0. The number of hydrogen-bond acceptors (Lipinski definition) is 5. The third-order valence-corrected chi connectivity index (χ3v) is 2.07. The average molecular weight is 293 g/mol. The van der Waals surface area contributed by atoms with E-state index in [2.05, 4.69) is 15.8 Å². The van der Waals surface area contributed by atoms with E-state index >= 15 is 0 Å². The number of nitrogens with one attached hydrogen (secondary N) is 3. The van der Waals surface area contributed by atoms with Crippen molar-refractivity contribution in [3.8, 4) is 5.75 Å². The van der Waals surface area contributed by atoms with Crippen LogP contribution < -0.4 is 32.7 Å². The Balaban J connectivity index is 2.79. The van der Waals surface area contributed by atoms with Crippen LogP contribution in [-0.2, 0) is 4.79 Å². The summed E-state index contributed by atoms with van der Waals surface area (Å²) >= 11 is 0. The van der Waals surface area contributed by atoms with E-state index in [0.717, 1.165) is 0 Å². The minimum atomic E-state index is -0.715. The molecule has 0 radical (unpaired) electrons. The molecule has 112 valence electrons. The summed E-state index contributed by atoms with van der Waals surface area (Å²) in [5.74, 6) is -2.02. The summed E-state index contributed by atoms with van der Waals surface area (Å²) in [6.07, 6.45) is 0. The summed E-state index contributed by atoms with van der Waals surface area (Å²) < 4.78 is 5.00. The van der Waals surface area contributed by atoms with Gasteiger partial charge in [0.25, 0.3) is 5.91 Å². The number of esters is 1. The van der Waals surface area contributed by atoms with Crippen molar-refractivity contribution in [2.24, 2.45) is 22.3 Å². The zero-order chi connectivity index (χ0) is 15.8. The Morgan fingerprint density at radius 2 is 1.90 bits per heavy atom. The van der Waals surface area contributed by atoms with Gasteiger partial charge in [-0.1, -0.05) is 12.1 Å². The Kier molecular flexibility index (Phi) is 5.50. The predicted octanol–water partition coefficient (Wildman–Crippen LogP) is -2.01. The number of guanidine groups is 2. The summed E-state index contributed by atoms with van der Waals surface area (Å²) in [5, 5.41) is 12.6. The Hall–Kier alpha value is -3.30. The number of hydrazone groups is 1. The van der Waals surface area contributed by atoms with Gasteiger partial charge in [0, 0.05) is 0 Å². The van der Waals surface area contributed by atoms with Crippen LogP contribution in [0.4, 0.5) is 0 Å². The number of carbonyl (C=O) groups excluding carboxylic acids is 2. The second kappa shape index (κ2) is 7.33. The maximum atomic E-state index is 11.8. The molecule has 10 nitrogen and oxygen atoms in total. The lowest BCUT2D eigenvalue weighted by Crippen LogP contribution is -2.36. The van der Waals surface area contributed by atoms with Crippen LogP contribution in [0.5, 0.6) is 5.75 Å². The summed E-state index contributed by atoms with van der Waals surface area (Å²) in [6, 6.07) is 6.02. The summed E-state index contributed by atoms with van der Waals surface area (Å²) in [6.45, 7) is -0.306. The van der Waals surface area contributed by atoms with E-state index < -0.39 is 11.9 Å². The molecule has 0 aliphatic rings. The predicted molar refractivity (Wildman–Crippen MR) is 75.3 cm³/mol. The molecule has 0 saturated carbocycles. The molecule has 0 atom stereocenters. The fourth-order valence-corrected chi connectivity index (χ4v) is 1.24. The minimum absolute atomic E-state index is 0.0242. The van der Waals surface area contributed by atoms with E-state index in [4.69, 9.17) is 27.3 Å². The highest BCUT2D eigenvalue weighted by Gasteiger charge is 2.14. The molecule has 1 aromatic rings. The molecule has 0 bridgehead atoms. The number of amides is 1. The van der Waals surface area contributed by atoms with Crippen molar-refractivity contribution in [3.05, 3.63) is 29.8 Å². The molecule has 0 spiro atoms. The zero-order valence-electron chi connectivity index (χ0n) is 10.9. The molecule has 0 fully saturated rings. The lowest BCUT2D eigenvalue weighted by molar-refractivity contribution is -0.133. The number of rotatable bonds is 5. The van der Waals surface area contributed by atoms with Crippen molar-refractivity contribution in [2.45, 2.75) is 0 Å². The van der Waals surface area contributed by atoms with Gasteiger partial charge in [-0.15, -0.1) is 5.10 Å². The van der Waals surface area contributed by atoms with Crippen LogP contribution in [0, 0.1) is 5.41 Å². The van der Waals surface area contributed by atoms with Gasteiger partial charge in [0.15, 0.2) is 5.96 Å². The zero-order valence-corrected chi connectivity index (χ0v) is 10.9. The Labute approximate surface area is 119 Å². The Morgan fingerprint density at radius 1 is 1.24 bits per heavy atom. The first-order valence-electron chi connectivity index (χ1n) is 5.66. The molecule has 9 N–H and O–H groups in total. The number of carbonyl (C=O) groups is 2. The second-order valence-electron chi connectivity index (χ2n) is 3.72. The summed E-state index contributed by atoms with van der Waals surface area (Å²) in [4.78, 5) is 23.3. The van der Waals surface area contributed by atoms with Crippen molar-refractivity contribution in [2.75, 3.05) is 6.54 Å². The van der Waals surface area contributed by atoms with Gasteiger partial charge in [-0.05, 0) is 12.1 Å². The smallest absolute Gasteiger partial charge is 0.330 e. The largest absolute Gasteiger partial charge is 0.424 e. The molecule has 1 amide bonds. The second-order valence-corrected chi connectivity index (χ2v) is 3.72. The molecule has 0 aromatic heterocycles. The number of ether oxygens (including phenoxy) is 1. The van der Waals surface area contributed by atoms with Gasteiger partial charge in [0.2, 0.25) is 5.96 Å². The number of benzene rings is 1. The maximum absolute atomic E-state index is 11.8. The highest BCUT2D eigenvalue weighted by molar-refractivity contribution is 5.98. The quantitative estimate of drug-likeness (QED) is 0.119. The molecular weight excluding hydrogens is 278 g/mol. The van der Waals surface area contributed by atoms with E-state index in [1.807, 2.05) is 0 Å². The van der Waals surface area contributed by atoms with Gasteiger partial charge in [0.1, 0.15) is 12.3 Å². The molecule has 21 heavy (non-hydrogen) atoms. The molecule has 1 aromatic carbocycles. The van der Waals surface area contributed by atoms with E-state index in [1.165, 1.54) is 12.1 Å². The van der Waals surface area contributed by atoms with E-state index in [9.17, 15) is 9.59 Å². The van der Waals surface area contributed by atoms with Gasteiger partial charge in [-0.3, -0.25) is 10.2 Å². The SMILES string of the molecule is N=C(N)NCC(=O)Oc1ccccc1C(=O)NN=C(N)N. The topological polar surface area (TPSA) is 182 Å². The van der Waals surface area contributed by atoms with Crippen LogP contribution in [0.2, 0.25) is 0 Å². The van der Waals surface area contributed by atoms with Crippen molar-refractivity contribution >= 4 is 23.8 Å². The first-order valence-corrected chi connectivity index (χ1v) is 5.66. The van der Waals surface area contributed by atoms with Crippen molar-refractivity contribution in [1.29, 1.82) is 5.41 Å². The normalized spacial score (nSPS) is 9.33. The van der Waals surface area contributed by atoms with Crippen molar-refractivity contribution in [1.82, 2.24) is 10.7 Å². The van der Waals surface area contributed by atoms with Gasteiger partial charge < -0.3 is 27.3 Å². The van der Waals surface area contributed by atoms with E-state index in [0.29, 0.717) is 0 Å². The molecule has 1 rings (SSSR count). The highest BCUT2D eigenvalue weighted by atomic mass is 16.5. The lowest BCUT2D eigenvalue weighted by atomic mass is 10.2. The average Bonchev–Trinajstić information content (AvgIpc) is 2.43. The molecule has 10 heteroatoms. The molecule has 0 unspecified atom stereocenters. The standard InChI is InChI=1S/C11H15N7O3/c12-10(13)16-5-8(19)21-7-4-2-1-3-6(7)9(20)17-18-11(14)15/h1-4H,5H2,(H,17,20)(H4,12,13,16)(H4,14,15,18). The van der Waals surface area contributed by atoms with Crippen molar-refractivity contribution in [3.63, 3.8) is 0 Å². The van der Waals surface area contributed by atoms with E-state index in [-0.39, 0.29) is 29.8 Å². The molecule has 0 heterocycles. The van der Waals surface area contributed by atoms with Crippen LogP contribution >= 0.6 is 0 Å². The first-order chi connectivity index (χ1) is 9.90. The Morgan fingerprint density at radius 3 is 2.52 bits per heavy atom. The van der Waals surface area contributed by atoms with Crippen LogP contribution in [0.3, 0.4) is 0 Å². The summed E-state index contributed by atoms with van der Waals surface area (Å²) in [5.41, 5.74) is 17.4. The van der Waals surface area contributed by atoms with Crippen LogP contribution in [0.25, 0.3) is 0 Å². The third-order valence-electron chi connectivity index (χ3n) is 2.07. The molecule has 0 saturated heterocycles. The van der Waals surface area contributed by atoms with Gasteiger partial charge in [0.05, 0.1) is 5.56 Å². The van der Waals surface area contributed by atoms with Crippen LogP contribution in [0.15, 0.2) is 29.4 Å². The number of nitrogens with two attached hydrogens (primary N) is 3. The van der Waals surface area contributed by atoms with Crippen LogP contribution in [0.1, 0.15) is 10.4 Å². The van der Waals surface area contributed by atoms with Gasteiger partial charge in [-0.2, -0.15) is 0 Å². The molecule has 0 aliphatic heterocycles. The fourth-order valence-electron chi connectivity index (χ4n) is 1.24. The lowest BCUT2D eigenvalue weighted by Gasteiger charge is -2.09. The number of nitrogens with zero attached hydrogens (tertiary/aromatic N) is 1. The maximum Gasteiger partial charge on any atom is 0.330 e. The fraction of sp³-hybridized carbons (Fsp3) is 0.0909. The van der Waals surface area contributed by atoms with E-state index in [1.54, 1.807) is 12.1 Å². The van der Waals surface area contributed by atoms with Gasteiger partial charge >= 0.3 is 5.97 Å². The first kappa shape index (κ1) is 15.8. The van der Waals surface area contributed by atoms with Crippen LogP contribution in [-0.4, -0.2) is 30.3 Å². The molecule has 0 aliphatic carbocycles. The highest BCUT2D eigenvalue weighted by Crippen LogP contribution is 2.17. The minimum Gasteiger partial charge on any atom is -0.424 e. The monoisotopic (exact) mass is 293 g/mol.